The number of benzene rings is 1. The zero-order valence-electron chi connectivity index (χ0n) is 9.10. The van der Waals surface area contributed by atoms with Crippen LogP contribution in [-0.2, 0) is 0 Å². The Balaban J connectivity index is 0.000000671. The molecular weight excluding hydrogens is 158 g/mol. The van der Waals surface area contributed by atoms with Crippen LogP contribution in [0, 0.1) is 32.1 Å². The highest BCUT2D eigenvalue weighted by Gasteiger charge is 2.01. The van der Waals surface area contributed by atoms with Gasteiger partial charge in [-0.3, -0.25) is 0 Å². The van der Waals surface area contributed by atoms with E-state index in [1.165, 1.54) is 11.1 Å². The molecule has 0 aliphatic carbocycles. The van der Waals surface area contributed by atoms with Crippen LogP contribution in [0.5, 0.6) is 0 Å². The van der Waals surface area contributed by atoms with Gasteiger partial charge in [0.1, 0.15) is 0 Å². The van der Waals surface area contributed by atoms with Gasteiger partial charge in [0.25, 0.3) is 0 Å². The fourth-order valence-corrected chi connectivity index (χ4v) is 1.08. The quantitative estimate of drug-likeness (QED) is 0.592. The molecule has 0 aromatic heterocycles. The van der Waals surface area contributed by atoms with E-state index in [0.717, 1.165) is 11.1 Å². The second-order valence-corrected chi connectivity index (χ2v) is 2.79. The Hall–Kier alpha value is -1.29. The van der Waals surface area contributed by atoms with Gasteiger partial charge >= 0.3 is 0 Å². The SMILES string of the molecule is CC.Cc1ccc(C#N)c(C)c1C. The number of nitriles is 1. The first kappa shape index (κ1) is 11.7. The molecule has 1 rings (SSSR count). The highest BCUT2D eigenvalue weighted by Crippen LogP contribution is 2.15. The Morgan fingerprint density at radius 1 is 1.00 bits per heavy atom. The smallest absolute Gasteiger partial charge is 0.0994 e. The molecule has 0 heterocycles. The Bertz CT molecular complexity index is 319. The standard InChI is InChI=1S/C10H11N.C2H6/c1-7-4-5-10(6-11)9(3)8(7)2;1-2/h4-5H,1-3H3;1-2H3. The van der Waals surface area contributed by atoms with Crippen molar-refractivity contribution in [3.63, 3.8) is 0 Å². The second-order valence-electron chi connectivity index (χ2n) is 2.79. The lowest BCUT2D eigenvalue weighted by Gasteiger charge is -2.04. The summed E-state index contributed by atoms with van der Waals surface area (Å²) in [7, 11) is 0. The summed E-state index contributed by atoms with van der Waals surface area (Å²) < 4.78 is 0. The first-order valence-electron chi connectivity index (χ1n) is 4.63. The van der Waals surface area contributed by atoms with Crippen molar-refractivity contribution >= 4 is 0 Å². The minimum Gasteiger partial charge on any atom is -0.192 e. The van der Waals surface area contributed by atoms with Crippen molar-refractivity contribution < 1.29 is 0 Å². The molecule has 1 nitrogen and oxygen atoms in total. The molecule has 0 saturated carbocycles. The van der Waals surface area contributed by atoms with Crippen LogP contribution in [0.3, 0.4) is 0 Å². The number of aryl methyl sites for hydroxylation is 1. The van der Waals surface area contributed by atoms with E-state index in [9.17, 15) is 0 Å². The molecule has 0 saturated heterocycles. The first-order valence-corrected chi connectivity index (χ1v) is 4.63. The summed E-state index contributed by atoms with van der Waals surface area (Å²) in [6.07, 6.45) is 0. The van der Waals surface area contributed by atoms with Crippen LogP contribution in [0.1, 0.15) is 36.1 Å². The Morgan fingerprint density at radius 3 is 2.00 bits per heavy atom. The van der Waals surface area contributed by atoms with Gasteiger partial charge in [-0.05, 0) is 43.5 Å². The summed E-state index contributed by atoms with van der Waals surface area (Å²) in [6.45, 7) is 10.1. The number of rotatable bonds is 0. The van der Waals surface area contributed by atoms with Crippen molar-refractivity contribution in [3.05, 3.63) is 34.4 Å². The third-order valence-electron chi connectivity index (χ3n) is 2.18. The lowest BCUT2D eigenvalue weighted by Crippen LogP contribution is -1.89. The van der Waals surface area contributed by atoms with Gasteiger partial charge in [0.2, 0.25) is 0 Å². The lowest BCUT2D eigenvalue weighted by molar-refractivity contribution is 1.25. The van der Waals surface area contributed by atoms with Gasteiger partial charge in [0, 0.05) is 0 Å². The third kappa shape index (κ3) is 2.59. The number of nitrogens with zero attached hydrogens (tertiary/aromatic N) is 1. The predicted molar refractivity (Wildman–Crippen MR) is 56.7 cm³/mol. The second kappa shape index (κ2) is 5.37. The number of hydrogen-bond donors (Lipinski definition) is 0. The van der Waals surface area contributed by atoms with Crippen LogP contribution in [0.4, 0.5) is 0 Å². The van der Waals surface area contributed by atoms with Gasteiger partial charge in [-0.2, -0.15) is 5.26 Å². The van der Waals surface area contributed by atoms with E-state index in [-0.39, 0.29) is 0 Å². The van der Waals surface area contributed by atoms with Crippen molar-refractivity contribution in [3.8, 4) is 6.07 Å². The zero-order valence-corrected chi connectivity index (χ0v) is 9.10. The van der Waals surface area contributed by atoms with E-state index in [1.54, 1.807) is 0 Å². The van der Waals surface area contributed by atoms with Crippen molar-refractivity contribution in [2.45, 2.75) is 34.6 Å². The van der Waals surface area contributed by atoms with Gasteiger partial charge < -0.3 is 0 Å². The van der Waals surface area contributed by atoms with E-state index in [2.05, 4.69) is 13.0 Å². The molecule has 0 N–H and O–H groups in total. The highest BCUT2D eigenvalue weighted by molar-refractivity contribution is 5.44. The van der Waals surface area contributed by atoms with Gasteiger partial charge in [-0.1, -0.05) is 19.9 Å². The highest BCUT2D eigenvalue weighted by atomic mass is 14.2. The van der Waals surface area contributed by atoms with E-state index in [1.807, 2.05) is 39.8 Å². The summed E-state index contributed by atoms with van der Waals surface area (Å²) >= 11 is 0. The molecule has 0 amide bonds. The molecule has 0 radical (unpaired) electrons. The predicted octanol–water partition coefficient (Wildman–Crippen LogP) is 3.51. The zero-order chi connectivity index (χ0) is 10.4. The van der Waals surface area contributed by atoms with Gasteiger partial charge in [0.15, 0.2) is 0 Å². The van der Waals surface area contributed by atoms with Crippen LogP contribution < -0.4 is 0 Å². The monoisotopic (exact) mass is 175 g/mol. The summed E-state index contributed by atoms with van der Waals surface area (Å²) in [4.78, 5) is 0. The Labute approximate surface area is 81.0 Å². The maximum absolute atomic E-state index is 8.68. The molecule has 0 aliphatic heterocycles. The molecule has 70 valence electrons. The first-order chi connectivity index (χ1) is 6.16. The van der Waals surface area contributed by atoms with Crippen LogP contribution in [0.25, 0.3) is 0 Å². The summed E-state index contributed by atoms with van der Waals surface area (Å²) in [5, 5.41) is 8.68. The van der Waals surface area contributed by atoms with E-state index >= 15 is 0 Å². The topological polar surface area (TPSA) is 23.8 Å². The van der Waals surface area contributed by atoms with Gasteiger partial charge in [0.05, 0.1) is 11.6 Å². The molecule has 0 unspecified atom stereocenters. The maximum Gasteiger partial charge on any atom is 0.0994 e. The van der Waals surface area contributed by atoms with Crippen LogP contribution >= 0.6 is 0 Å². The fraction of sp³-hybridized carbons (Fsp3) is 0.417. The molecule has 1 heteroatoms. The summed E-state index contributed by atoms with van der Waals surface area (Å²) in [5.74, 6) is 0. The molecule has 0 spiro atoms. The van der Waals surface area contributed by atoms with E-state index < -0.39 is 0 Å². The average Bonchev–Trinajstić information content (AvgIpc) is 2.18. The Kier molecular flexibility index (Phi) is 4.84. The molecule has 0 atom stereocenters. The number of hydrogen-bond acceptors (Lipinski definition) is 1. The molecule has 1 aromatic rings. The van der Waals surface area contributed by atoms with Crippen molar-refractivity contribution in [2.24, 2.45) is 0 Å². The summed E-state index contributed by atoms with van der Waals surface area (Å²) in [5.41, 5.74) is 4.37. The van der Waals surface area contributed by atoms with E-state index in [0.29, 0.717) is 0 Å². The minimum absolute atomic E-state index is 0.785. The van der Waals surface area contributed by atoms with Crippen molar-refractivity contribution in [1.82, 2.24) is 0 Å². The normalized spacial score (nSPS) is 8.31. The van der Waals surface area contributed by atoms with Gasteiger partial charge in [-0.15, -0.1) is 0 Å². The van der Waals surface area contributed by atoms with Crippen LogP contribution in [0.15, 0.2) is 12.1 Å². The largest absolute Gasteiger partial charge is 0.192 e. The minimum atomic E-state index is 0.785. The average molecular weight is 175 g/mol. The molecule has 13 heavy (non-hydrogen) atoms. The molecule has 0 aliphatic rings. The van der Waals surface area contributed by atoms with Crippen LogP contribution in [-0.4, -0.2) is 0 Å². The lowest BCUT2D eigenvalue weighted by atomic mass is 10.00. The molecule has 0 bridgehead atoms. The van der Waals surface area contributed by atoms with Gasteiger partial charge in [-0.25, -0.2) is 0 Å². The summed E-state index contributed by atoms with van der Waals surface area (Å²) in [6, 6.07) is 6.02. The fourth-order valence-electron chi connectivity index (χ4n) is 1.08. The molecular formula is C12H17N. The molecule has 0 fully saturated rings. The van der Waals surface area contributed by atoms with Crippen molar-refractivity contribution in [2.75, 3.05) is 0 Å². The Morgan fingerprint density at radius 2 is 1.54 bits per heavy atom. The van der Waals surface area contributed by atoms with Crippen LogP contribution in [0.2, 0.25) is 0 Å². The van der Waals surface area contributed by atoms with Crippen molar-refractivity contribution in [1.29, 1.82) is 5.26 Å². The maximum atomic E-state index is 8.68. The molecule has 1 aromatic carbocycles. The third-order valence-corrected chi connectivity index (χ3v) is 2.18. The van der Waals surface area contributed by atoms with E-state index in [4.69, 9.17) is 5.26 Å².